The van der Waals surface area contributed by atoms with Crippen LogP contribution in [0.2, 0.25) is 0 Å². The topological polar surface area (TPSA) is 117 Å². The van der Waals surface area contributed by atoms with Gasteiger partial charge in [-0.2, -0.15) is 13.2 Å². The number of thiazole rings is 1. The monoisotopic (exact) mass is 569 g/mol. The highest BCUT2D eigenvalue weighted by molar-refractivity contribution is 7.90. The first-order valence-electron chi connectivity index (χ1n) is 11.0. The zero-order valence-corrected chi connectivity index (χ0v) is 22.2. The van der Waals surface area contributed by atoms with Gasteiger partial charge in [-0.1, -0.05) is 11.3 Å². The fourth-order valence-electron chi connectivity index (χ4n) is 3.74. The quantitative estimate of drug-likeness (QED) is 0.314. The number of alkyl halides is 3. The highest BCUT2D eigenvalue weighted by atomic mass is 32.2. The van der Waals surface area contributed by atoms with Gasteiger partial charge in [-0.3, -0.25) is 4.79 Å². The molecule has 38 heavy (non-hydrogen) atoms. The number of carbonyl (C=O) groups excluding carboxylic acids is 2. The van der Waals surface area contributed by atoms with E-state index >= 15 is 0 Å². The van der Waals surface area contributed by atoms with Gasteiger partial charge in [0.15, 0.2) is 10.7 Å². The third-order valence-corrected chi connectivity index (χ3v) is 8.29. The number of fused-ring (bicyclic) bond motifs is 2. The minimum Gasteiger partial charge on any atom is -0.467 e. The van der Waals surface area contributed by atoms with Gasteiger partial charge >= 0.3 is 12.1 Å². The molecule has 0 fully saturated rings. The van der Waals surface area contributed by atoms with E-state index in [0.717, 1.165) is 33.5 Å². The molecule has 1 amide bonds. The highest BCUT2D eigenvalue weighted by Gasteiger charge is 2.33. The van der Waals surface area contributed by atoms with Crippen LogP contribution < -0.4 is 5.32 Å². The van der Waals surface area contributed by atoms with Gasteiger partial charge in [0.2, 0.25) is 5.91 Å². The smallest absolute Gasteiger partial charge is 0.416 e. The zero-order valence-electron chi connectivity index (χ0n) is 20.5. The van der Waals surface area contributed by atoms with Gasteiger partial charge in [0.05, 0.1) is 45.6 Å². The van der Waals surface area contributed by atoms with Gasteiger partial charge in [-0.25, -0.2) is 22.2 Å². The van der Waals surface area contributed by atoms with Gasteiger partial charge < -0.3 is 14.8 Å². The van der Waals surface area contributed by atoms with Crippen molar-refractivity contribution in [1.29, 1.82) is 0 Å². The molecule has 0 spiro atoms. The number of rotatable bonds is 7. The van der Waals surface area contributed by atoms with Crippen molar-refractivity contribution in [3.8, 4) is 0 Å². The molecule has 0 saturated heterocycles. The first-order valence-corrected chi connectivity index (χ1v) is 13.3. The second kappa shape index (κ2) is 9.67. The molecular weight excluding hydrogens is 547 g/mol. The lowest BCUT2D eigenvalue weighted by molar-refractivity contribution is -0.166. The summed E-state index contributed by atoms with van der Waals surface area (Å²) in [5, 5.41) is 2.85. The third-order valence-electron chi connectivity index (χ3n) is 5.60. The van der Waals surface area contributed by atoms with Gasteiger partial charge in [-0.05, 0) is 56.3 Å². The fourth-order valence-corrected chi connectivity index (χ4v) is 6.33. The Hall–Kier alpha value is -3.49. The Morgan fingerprint density at radius 1 is 1.11 bits per heavy atom. The molecule has 4 aromatic rings. The second-order valence-electron chi connectivity index (χ2n) is 8.80. The molecule has 2 heterocycles. The number of carbonyl (C=O) groups is 2. The summed E-state index contributed by atoms with van der Waals surface area (Å²) in [7, 11) is -3.20. The fraction of sp³-hybridized carbons (Fsp3) is 0.292. The van der Waals surface area contributed by atoms with E-state index in [9.17, 15) is 31.2 Å². The van der Waals surface area contributed by atoms with E-state index < -0.39 is 39.9 Å². The van der Waals surface area contributed by atoms with E-state index in [1.54, 1.807) is 0 Å². The van der Waals surface area contributed by atoms with Gasteiger partial charge in [0.25, 0.3) is 10.0 Å². The van der Waals surface area contributed by atoms with E-state index in [2.05, 4.69) is 10.3 Å². The molecule has 0 aliphatic rings. The minimum atomic E-state index is -4.64. The summed E-state index contributed by atoms with van der Waals surface area (Å²) in [6.45, 7) is 3.74. The number of nitrogens with zero attached hydrogens (tertiary/aromatic N) is 2. The van der Waals surface area contributed by atoms with Gasteiger partial charge in [0, 0.05) is 12.3 Å². The third kappa shape index (κ3) is 5.24. The number of hydrogen-bond acceptors (Lipinski definition) is 8. The van der Waals surface area contributed by atoms with E-state index in [1.165, 1.54) is 52.1 Å². The van der Waals surface area contributed by atoms with Crippen LogP contribution in [0.15, 0.2) is 47.4 Å². The molecule has 0 aliphatic carbocycles. The summed E-state index contributed by atoms with van der Waals surface area (Å²) in [5.74, 6) is -1.05. The predicted octanol–water partition coefficient (Wildman–Crippen LogP) is 4.93. The lowest BCUT2D eigenvalue weighted by Gasteiger charge is -2.22. The summed E-state index contributed by atoms with van der Waals surface area (Å²) in [5.41, 5.74) is -1.96. The Kier molecular flexibility index (Phi) is 7.01. The molecule has 9 nitrogen and oxygen atoms in total. The molecule has 2 aromatic heterocycles. The molecule has 0 saturated carbocycles. The number of methoxy groups -OCH3 is 1. The number of aromatic nitrogens is 2. The van der Waals surface area contributed by atoms with Crippen molar-refractivity contribution in [2.24, 2.45) is 0 Å². The van der Waals surface area contributed by atoms with Gasteiger partial charge in [-0.15, -0.1) is 0 Å². The van der Waals surface area contributed by atoms with Crippen LogP contribution in [0.1, 0.15) is 32.0 Å². The summed E-state index contributed by atoms with van der Waals surface area (Å²) < 4.78 is 79.5. The molecular formula is C24H22F3N3O6S2. The maximum Gasteiger partial charge on any atom is 0.416 e. The summed E-state index contributed by atoms with van der Waals surface area (Å²) in [6.07, 6.45) is -4.64. The molecule has 2 aromatic carbocycles. The van der Waals surface area contributed by atoms with Crippen LogP contribution in [0.25, 0.3) is 21.1 Å². The number of halogens is 3. The molecule has 0 bridgehead atoms. The van der Waals surface area contributed by atoms with E-state index in [-0.39, 0.29) is 32.5 Å². The Labute approximate surface area is 219 Å². The van der Waals surface area contributed by atoms with Crippen LogP contribution in [0.3, 0.4) is 0 Å². The minimum absolute atomic E-state index is 0.000334. The highest BCUT2D eigenvalue weighted by Crippen LogP contribution is 2.35. The number of anilines is 1. The number of amides is 1. The van der Waals surface area contributed by atoms with Crippen molar-refractivity contribution >= 4 is 59.5 Å². The van der Waals surface area contributed by atoms with E-state index in [0.29, 0.717) is 10.2 Å². The SMILES string of the molecule is COC(=O)C(C)(C)OCc1cc2cc(C(F)(F)F)ccc2n1S(=O)(=O)c1ccc2nc(NC(C)=O)sc2c1. The molecule has 202 valence electrons. The normalized spacial score (nSPS) is 12.7. The van der Waals surface area contributed by atoms with E-state index in [1.807, 2.05) is 0 Å². The molecule has 0 atom stereocenters. The maximum atomic E-state index is 13.9. The molecule has 0 radical (unpaired) electrons. The van der Waals surface area contributed by atoms with E-state index in [4.69, 9.17) is 9.47 Å². The molecule has 4 rings (SSSR count). The average molecular weight is 570 g/mol. The first-order chi connectivity index (χ1) is 17.6. The lowest BCUT2D eigenvalue weighted by Crippen LogP contribution is -2.36. The summed E-state index contributed by atoms with van der Waals surface area (Å²) in [6, 6.07) is 8.14. The Morgan fingerprint density at radius 2 is 1.82 bits per heavy atom. The Bertz CT molecular complexity index is 1670. The van der Waals surface area contributed by atoms with Crippen LogP contribution in [0.5, 0.6) is 0 Å². The second-order valence-corrected chi connectivity index (χ2v) is 11.6. The Balaban J connectivity index is 1.86. The number of esters is 1. The molecule has 0 aliphatic heterocycles. The maximum absolute atomic E-state index is 13.9. The molecule has 0 unspecified atom stereocenters. The van der Waals surface area contributed by atoms with Crippen molar-refractivity contribution in [2.75, 3.05) is 12.4 Å². The Morgan fingerprint density at radius 3 is 2.45 bits per heavy atom. The largest absolute Gasteiger partial charge is 0.467 e. The number of ether oxygens (including phenoxy) is 2. The van der Waals surface area contributed by atoms with Crippen LogP contribution in [-0.2, 0) is 41.9 Å². The summed E-state index contributed by atoms with van der Waals surface area (Å²) >= 11 is 1.07. The van der Waals surface area contributed by atoms with Crippen molar-refractivity contribution in [3.63, 3.8) is 0 Å². The van der Waals surface area contributed by atoms with Crippen molar-refractivity contribution < 1.29 is 40.7 Å². The number of nitrogens with one attached hydrogen (secondary N) is 1. The standard InChI is InChI=1S/C24H22F3N3O6S2/c1-13(31)28-22-29-18-7-6-17(11-20(18)37-22)38(33,34)30-16(12-36-23(2,3)21(32)35-4)10-14-9-15(24(25,26)27)5-8-19(14)30/h5-11H,12H2,1-4H3,(H,28,29,31). The summed E-state index contributed by atoms with van der Waals surface area (Å²) in [4.78, 5) is 27.5. The van der Waals surface area contributed by atoms with Gasteiger partial charge in [0.1, 0.15) is 0 Å². The first kappa shape index (κ1) is 27.5. The lowest BCUT2D eigenvalue weighted by atomic mass is 10.1. The zero-order chi connectivity index (χ0) is 28.0. The van der Waals surface area contributed by atoms with Crippen LogP contribution in [-0.4, -0.2) is 42.0 Å². The predicted molar refractivity (Wildman–Crippen MR) is 134 cm³/mol. The number of hydrogen-bond donors (Lipinski definition) is 1. The van der Waals surface area contributed by atoms with Crippen molar-refractivity contribution in [1.82, 2.24) is 8.96 Å². The average Bonchev–Trinajstić information content (AvgIpc) is 3.40. The number of benzene rings is 2. The van der Waals surface area contributed by atoms with Crippen LogP contribution >= 0.6 is 11.3 Å². The van der Waals surface area contributed by atoms with Crippen molar-refractivity contribution in [2.45, 2.75) is 44.1 Å². The molecule has 1 N–H and O–H groups in total. The van der Waals surface area contributed by atoms with Crippen LogP contribution in [0, 0.1) is 0 Å². The van der Waals surface area contributed by atoms with Crippen LogP contribution in [0.4, 0.5) is 18.3 Å². The molecule has 14 heteroatoms. The van der Waals surface area contributed by atoms with Crippen molar-refractivity contribution in [3.05, 3.63) is 53.7 Å².